The van der Waals surface area contributed by atoms with Gasteiger partial charge in [-0.05, 0) is 26.7 Å². The third kappa shape index (κ3) is 9.94. The zero-order valence-electron chi connectivity index (χ0n) is 13.3. The van der Waals surface area contributed by atoms with Crippen LogP contribution in [0.4, 0.5) is 0 Å². The van der Waals surface area contributed by atoms with E-state index in [9.17, 15) is 4.79 Å². The van der Waals surface area contributed by atoms with Crippen LogP contribution in [0.5, 0.6) is 0 Å². The fraction of sp³-hybridized carbons (Fsp3) is 0.938. The highest BCUT2D eigenvalue weighted by Crippen LogP contribution is 2.13. The van der Waals surface area contributed by atoms with Crippen molar-refractivity contribution in [1.82, 2.24) is 0 Å². The number of esters is 1. The third-order valence-electron chi connectivity index (χ3n) is 3.18. The lowest BCUT2D eigenvalue weighted by Gasteiger charge is -2.23. The number of carbonyl (C=O) groups is 1. The molecule has 0 aliphatic rings. The van der Waals surface area contributed by atoms with Crippen LogP contribution in [0.25, 0.3) is 0 Å². The quantitative estimate of drug-likeness (QED) is 0.388. The van der Waals surface area contributed by atoms with Crippen molar-refractivity contribution in [1.29, 1.82) is 0 Å². The number of unbranched alkanes of at least 4 members (excludes halogenated alkanes) is 6. The van der Waals surface area contributed by atoms with E-state index in [0.29, 0.717) is 13.2 Å². The highest BCUT2D eigenvalue weighted by molar-refractivity contribution is 5.78. The van der Waals surface area contributed by atoms with E-state index >= 15 is 0 Å². The molecule has 0 heterocycles. The van der Waals surface area contributed by atoms with Crippen molar-refractivity contribution in [2.24, 2.45) is 0 Å². The lowest BCUT2D eigenvalue weighted by atomic mass is 10.1. The molecule has 0 aliphatic carbocycles. The van der Waals surface area contributed by atoms with Crippen LogP contribution in [0.3, 0.4) is 0 Å². The minimum atomic E-state index is -0.809. The summed E-state index contributed by atoms with van der Waals surface area (Å²) in [6, 6.07) is 0. The van der Waals surface area contributed by atoms with Crippen LogP contribution in [0.2, 0.25) is 0 Å². The van der Waals surface area contributed by atoms with Crippen LogP contribution in [-0.4, -0.2) is 24.8 Å². The summed E-state index contributed by atoms with van der Waals surface area (Å²) in [5.74, 6) is -0.237. The first-order chi connectivity index (χ1) is 9.04. The average Bonchev–Trinajstić information content (AvgIpc) is 2.38. The van der Waals surface area contributed by atoms with Crippen LogP contribution in [0.15, 0.2) is 0 Å². The Bertz CT molecular complexity index is 224. The average molecular weight is 272 g/mol. The number of ether oxygens (including phenoxy) is 2. The summed E-state index contributed by atoms with van der Waals surface area (Å²) in [6.45, 7) is 9.09. The van der Waals surface area contributed by atoms with Gasteiger partial charge in [0, 0.05) is 6.61 Å². The summed E-state index contributed by atoms with van der Waals surface area (Å²) in [4.78, 5) is 11.9. The molecule has 0 unspecified atom stereocenters. The predicted molar refractivity (Wildman–Crippen MR) is 79.3 cm³/mol. The van der Waals surface area contributed by atoms with Gasteiger partial charge in [-0.3, -0.25) is 0 Å². The van der Waals surface area contributed by atoms with Crippen LogP contribution < -0.4 is 0 Å². The molecule has 0 bridgehead atoms. The highest BCUT2D eigenvalue weighted by atomic mass is 16.6. The molecule has 3 heteroatoms. The largest absolute Gasteiger partial charge is 0.464 e. The van der Waals surface area contributed by atoms with Gasteiger partial charge in [-0.2, -0.15) is 0 Å². The zero-order valence-corrected chi connectivity index (χ0v) is 13.3. The summed E-state index contributed by atoms with van der Waals surface area (Å²) in [7, 11) is 0. The number of rotatable bonds is 12. The van der Waals surface area contributed by atoms with E-state index < -0.39 is 5.60 Å². The van der Waals surface area contributed by atoms with Crippen LogP contribution in [-0.2, 0) is 14.3 Å². The Labute approximate surface area is 119 Å². The summed E-state index contributed by atoms with van der Waals surface area (Å²) in [5.41, 5.74) is -0.809. The van der Waals surface area contributed by atoms with Crippen molar-refractivity contribution >= 4 is 5.97 Å². The van der Waals surface area contributed by atoms with Crippen molar-refractivity contribution in [3.8, 4) is 0 Å². The Balaban J connectivity index is 3.68. The summed E-state index contributed by atoms with van der Waals surface area (Å²) in [5, 5.41) is 0. The minimum Gasteiger partial charge on any atom is -0.464 e. The van der Waals surface area contributed by atoms with Gasteiger partial charge < -0.3 is 9.47 Å². The van der Waals surface area contributed by atoms with Gasteiger partial charge in [0.15, 0.2) is 5.60 Å². The Morgan fingerprint density at radius 2 is 1.37 bits per heavy atom. The molecule has 0 spiro atoms. The van der Waals surface area contributed by atoms with E-state index in [1.165, 1.54) is 32.1 Å². The normalized spacial score (nSPS) is 11.6. The highest BCUT2D eigenvalue weighted by Gasteiger charge is 2.29. The lowest BCUT2D eigenvalue weighted by Crippen LogP contribution is -2.37. The fourth-order valence-corrected chi connectivity index (χ4v) is 1.78. The number of carbonyl (C=O) groups excluding carboxylic acids is 1. The monoisotopic (exact) mass is 272 g/mol. The van der Waals surface area contributed by atoms with Gasteiger partial charge in [0.2, 0.25) is 0 Å². The van der Waals surface area contributed by atoms with E-state index in [1.807, 2.05) is 0 Å². The molecule has 0 radical (unpaired) electrons. The maximum atomic E-state index is 11.9. The molecule has 0 N–H and O–H groups in total. The molecule has 0 aliphatic heterocycles. The first kappa shape index (κ1) is 18.4. The molecule has 114 valence electrons. The second-order valence-electron chi connectivity index (χ2n) is 5.62. The molecule has 19 heavy (non-hydrogen) atoms. The summed E-state index contributed by atoms with van der Waals surface area (Å²) < 4.78 is 10.9. The molecule has 0 aromatic carbocycles. The maximum Gasteiger partial charge on any atom is 0.337 e. The van der Waals surface area contributed by atoms with Gasteiger partial charge in [-0.25, -0.2) is 4.79 Å². The smallest absolute Gasteiger partial charge is 0.337 e. The molecule has 0 rings (SSSR count). The van der Waals surface area contributed by atoms with E-state index in [0.717, 1.165) is 19.3 Å². The molecule has 0 saturated carbocycles. The first-order valence-electron chi connectivity index (χ1n) is 7.85. The SMILES string of the molecule is CCCCCCOC(=O)C(C)(C)OCCCCCC. The van der Waals surface area contributed by atoms with E-state index in [-0.39, 0.29) is 5.97 Å². The van der Waals surface area contributed by atoms with Crippen LogP contribution >= 0.6 is 0 Å². The molecule has 0 fully saturated rings. The number of hydrogen-bond donors (Lipinski definition) is 0. The van der Waals surface area contributed by atoms with E-state index in [1.54, 1.807) is 13.8 Å². The van der Waals surface area contributed by atoms with Gasteiger partial charge in [0.05, 0.1) is 6.61 Å². The molecular formula is C16H32O3. The second-order valence-corrected chi connectivity index (χ2v) is 5.62. The van der Waals surface area contributed by atoms with Gasteiger partial charge in [0.1, 0.15) is 0 Å². The topological polar surface area (TPSA) is 35.5 Å². The molecule has 3 nitrogen and oxygen atoms in total. The van der Waals surface area contributed by atoms with Gasteiger partial charge in [-0.1, -0.05) is 52.4 Å². The minimum absolute atomic E-state index is 0.237. The van der Waals surface area contributed by atoms with Gasteiger partial charge in [-0.15, -0.1) is 0 Å². The Hall–Kier alpha value is -0.570. The molecular weight excluding hydrogens is 240 g/mol. The molecule has 0 amide bonds. The van der Waals surface area contributed by atoms with Crippen LogP contribution in [0.1, 0.15) is 79.1 Å². The predicted octanol–water partition coefficient (Wildman–Crippen LogP) is 4.49. The molecule has 0 aromatic heterocycles. The maximum absolute atomic E-state index is 11.9. The van der Waals surface area contributed by atoms with Crippen LogP contribution in [0, 0.1) is 0 Å². The van der Waals surface area contributed by atoms with Crippen molar-refractivity contribution in [2.75, 3.05) is 13.2 Å². The summed E-state index contributed by atoms with van der Waals surface area (Å²) >= 11 is 0. The number of hydrogen-bond acceptors (Lipinski definition) is 3. The van der Waals surface area contributed by atoms with Gasteiger partial charge in [0.25, 0.3) is 0 Å². The lowest BCUT2D eigenvalue weighted by molar-refractivity contribution is -0.168. The molecule has 0 saturated heterocycles. The standard InChI is InChI=1S/C16H32O3/c1-5-7-9-11-13-18-15(17)16(3,4)19-14-12-10-8-6-2/h5-14H2,1-4H3. The first-order valence-corrected chi connectivity index (χ1v) is 7.85. The Kier molecular flexibility index (Phi) is 10.9. The van der Waals surface area contributed by atoms with Crippen molar-refractivity contribution in [3.05, 3.63) is 0 Å². The third-order valence-corrected chi connectivity index (χ3v) is 3.18. The van der Waals surface area contributed by atoms with Crippen molar-refractivity contribution in [3.63, 3.8) is 0 Å². The van der Waals surface area contributed by atoms with Crippen molar-refractivity contribution < 1.29 is 14.3 Å². The van der Waals surface area contributed by atoms with Gasteiger partial charge >= 0.3 is 5.97 Å². The Morgan fingerprint density at radius 3 is 1.89 bits per heavy atom. The fourth-order valence-electron chi connectivity index (χ4n) is 1.78. The molecule has 0 atom stereocenters. The molecule has 0 aromatic rings. The summed E-state index contributed by atoms with van der Waals surface area (Å²) in [6.07, 6.45) is 9.10. The van der Waals surface area contributed by atoms with E-state index in [2.05, 4.69) is 13.8 Å². The Morgan fingerprint density at radius 1 is 0.842 bits per heavy atom. The van der Waals surface area contributed by atoms with Crippen molar-refractivity contribution in [2.45, 2.75) is 84.7 Å². The zero-order chi connectivity index (χ0) is 14.6. The second kappa shape index (κ2) is 11.3. The van der Waals surface area contributed by atoms with E-state index in [4.69, 9.17) is 9.47 Å².